The molecule has 19 heavy (non-hydrogen) atoms. The van der Waals surface area contributed by atoms with Crippen molar-refractivity contribution < 1.29 is 17.9 Å². The van der Waals surface area contributed by atoms with E-state index in [4.69, 9.17) is 4.74 Å². The molecule has 108 valence electrons. The molecule has 0 N–H and O–H groups in total. The lowest BCUT2D eigenvalue weighted by Crippen LogP contribution is -2.54. The lowest BCUT2D eigenvalue weighted by Gasteiger charge is -2.39. The predicted octanol–water partition coefficient (Wildman–Crippen LogP) is -0.0428. The summed E-state index contributed by atoms with van der Waals surface area (Å²) in [6.45, 7) is 3.83. The Labute approximate surface area is 113 Å². The molecular weight excluding hydrogens is 270 g/mol. The summed E-state index contributed by atoms with van der Waals surface area (Å²) in [7, 11) is -3.58. The Hall–Kier alpha value is -0.790. The van der Waals surface area contributed by atoms with Crippen LogP contribution in [0, 0.1) is 5.92 Å². The quantitative estimate of drug-likeness (QED) is 0.539. The first-order valence-corrected chi connectivity index (χ1v) is 7.88. The maximum atomic E-state index is 12.6. The first-order chi connectivity index (χ1) is 9.07. The van der Waals surface area contributed by atoms with E-state index in [1.165, 1.54) is 14.7 Å². The van der Waals surface area contributed by atoms with E-state index >= 15 is 0 Å². The summed E-state index contributed by atoms with van der Waals surface area (Å²) in [5.74, 6) is 0.0333. The molecule has 0 saturated carbocycles. The van der Waals surface area contributed by atoms with Crippen molar-refractivity contribution in [2.45, 2.75) is 25.9 Å². The summed E-state index contributed by atoms with van der Waals surface area (Å²) in [4.78, 5) is 14.2. The third-order valence-corrected chi connectivity index (χ3v) is 5.63. The minimum atomic E-state index is -3.58. The number of morpholine rings is 1. The molecule has 2 atom stereocenters. The van der Waals surface area contributed by atoms with Gasteiger partial charge in [-0.15, -0.1) is 0 Å². The minimum Gasteiger partial charge on any atom is -0.379 e. The van der Waals surface area contributed by atoms with Gasteiger partial charge in [0.1, 0.15) is 6.17 Å². The van der Waals surface area contributed by atoms with Gasteiger partial charge in [-0.3, -0.25) is 0 Å². The van der Waals surface area contributed by atoms with Crippen LogP contribution in [0.4, 0.5) is 0 Å². The Bertz CT molecular complexity index is 455. The fourth-order valence-electron chi connectivity index (χ4n) is 2.56. The zero-order valence-electron chi connectivity index (χ0n) is 11.0. The molecule has 0 spiro atoms. The topological polar surface area (TPSA) is 79.3 Å². The van der Waals surface area contributed by atoms with Crippen LogP contribution in [-0.2, 0) is 19.7 Å². The molecule has 7 nitrogen and oxygen atoms in total. The summed E-state index contributed by atoms with van der Waals surface area (Å²) >= 11 is 0. The second-order valence-electron chi connectivity index (χ2n) is 4.88. The van der Waals surface area contributed by atoms with Crippen molar-refractivity contribution in [1.29, 1.82) is 0 Å². The molecule has 2 fully saturated rings. The highest BCUT2D eigenvalue weighted by Gasteiger charge is 2.40. The average molecular weight is 289 g/mol. The fraction of sp³-hybridized carbons (Fsp3) is 0.909. The molecule has 0 aromatic heterocycles. The molecule has 2 rings (SSSR count). The van der Waals surface area contributed by atoms with Crippen molar-refractivity contribution in [3.8, 4) is 0 Å². The molecule has 0 bridgehead atoms. The maximum absolute atomic E-state index is 12.6. The van der Waals surface area contributed by atoms with E-state index in [9.17, 15) is 13.2 Å². The SMILES string of the molecule is CC1CCCN(S(=O)(=O)N2CCOCC2)C1N=C=O. The summed E-state index contributed by atoms with van der Waals surface area (Å²) < 4.78 is 33.1. The Balaban J connectivity index is 2.23. The molecule has 0 amide bonds. The lowest BCUT2D eigenvalue weighted by molar-refractivity contribution is 0.0668. The maximum Gasteiger partial charge on any atom is 0.284 e. The van der Waals surface area contributed by atoms with Gasteiger partial charge in [0.25, 0.3) is 10.2 Å². The van der Waals surface area contributed by atoms with Crippen molar-refractivity contribution in [1.82, 2.24) is 8.61 Å². The number of rotatable bonds is 3. The summed E-state index contributed by atoms with van der Waals surface area (Å²) in [6.07, 6.45) is 2.53. The molecule has 2 aliphatic heterocycles. The van der Waals surface area contributed by atoms with E-state index < -0.39 is 16.4 Å². The predicted molar refractivity (Wildman–Crippen MR) is 68.3 cm³/mol. The van der Waals surface area contributed by atoms with Gasteiger partial charge in [-0.1, -0.05) is 6.92 Å². The first kappa shape index (κ1) is 14.6. The van der Waals surface area contributed by atoms with Crippen molar-refractivity contribution in [3.05, 3.63) is 0 Å². The molecular formula is C11H19N3O4S. The van der Waals surface area contributed by atoms with Crippen molar-refractivity contribution in [2.24, 2.45) is 10.9 Å². The number of hydrogen-bond acceptors (Lipinski definition) is 5. The van der Waals surface area contributed by atoms with Crippen LogP contribution in [0.5, 0.6) is 0 Å². The third-order valence-electron chi connectivity index (χ3n) is 3.62. The molecule has 8 heteroatoms. The van der Waals surface area contributed by atoms with Crippen LogP contribution in [-0.4, -0.2) is 62.1 Å². The molecule has 0 aliphatic carbocycles. The monoisotopic (exact) mass is 289 g/mol. The van der Waals surface area contributed by atoms with Crippen molar-refractivity contribution in [2.75, 3.05) is 32.8 Å². The van der Waals surface area contributed by atoms with Crippen LogP contribution < -0.4 is 0 Å². The molecule has 2 saturated heterocycles. The minimum absolute atomic E-state index is 0.0333. The van der Waals surface area contributed by atoms with E-state index in [1.54, 1.807) is 0 Å². The molecule has 2 aliphatic rings. The standard InChI is InChI=1S/C11H19N3O4S/c1-10-3-2-4-14(11(10)12-9-15)19(16,17)13-5-7-18-8-6-13/h10-11H,2-8H2,1H3. The Morgan fingerprint density at radius 3 is 2.58 bits per heavy atom. The number of carbonyl (C=O) groups excluding carboxylic acids is 1. The molecule has 2 heterocycles. The number of hydrogen-bond donors (Lipinski definition) is 0. The molecule has 0 aromatic carbocycles. The number of isocyanates is 1. The van der Waals surface area contributed by atoms with E-state index in [-0.39, 0.29) is 5.92 Å². The second kappa shape index (κ2) is 6.11. The number of piperidine rings is 1. The highest BCUT2D eigenvalue weighted by molar-refractivity contribution is 7.86. The average Bonchev–Trinajstić information content (AvgIpc) is 2.42. The lowest BCUT2D eigenvalue weighted by atomic mass is 9.98. The Morgan fingerprint density at radius 1 is 1.26 bits per heavy atom. The van der Waals surface area contributed by atoms with E-state index in [1.807, 2.05) is 6.92 Å². The van der Waals surface area contributed by atoms with Gasteiger partial charge in [-0.05, 0) is 18.8 Å². The van der Waals surface area contributed by atoms with E-state index in [0.29, 0.717) is 32.8 Å². The van der Waals surface area contributed by atoms with Crippen LogP contribution in [0.2, 0.25) is 0 Å². The number of aliphatic imine (C=N–C) groups is 1. The van der Waals surface area contributed by atoms with Crippen molar-refractivity contribution in [3.63, 3.8) is 0 Å². The molecule has 0 radical (unpaired) electrons. The number of ether oxygens (including phenoxy) is 1. The van der Waals surface area contributed by atoms with Gasteiger partial charge >= 0.3 is 0 Å². The van der Waals surface area contributed by atoms with E-state index in [0.717, 1.165) is 12.8 Å². The van der Waals surface area contributed by atoms with Crippen molar-refractivity contribution >= 4 is 16.3 Å². The van der Waals surface area contributed by atoms with Gasteiger partial charge in [-0.25, -0.2) is 4.79 Å². The first-order valence-electron chi connectivity index (χ1n) is 6.49. The summed E-state index contributed by atoms with van der Waals surface area (Å²) in [5, 5.41) is 0. The fourth-order valence-corrected chi connectivity index (χ4v) is 4.35. The van der Waals surface area contributed by atoms with Gasteiger partial charge < -0.3 is 4.74 Å². The zero-order chi connectivity index (χ0) is 13.9. The van der Waals surface area contributed by atoms with Gasteiger partial charge in [0, 0.05) is 19.6 Å². The van der Waals surface area contributed by atoms with Crippen LogP contribution in [0.1, 0.15) is 19.8 Å². The summed E-state index contributed by atoms with van der Waals surface area (Å²) in [6, 6.07) is 0. The van der Waals surface area contributed by atoms with Crippen LogP contribution in [0.15, 0.2) is 4.99 Å². The molecule has 2 unspecified atom stereocenters. The smallest absolute Gasteiger partial charge is 0.284 e. The van der Waals surface area contributed by atoms with Gasteiger partial charge in [0.2, 0.25) is 6.08 Å². The second-order valence-corrected chi connectivity index (χ2v) is 6.76. The van der Waals surface area contributed by atoms with Gasteiger partial charge in [0.15, 0.2) is 0 Å². The Kier molecular flexibility index (Phi) is 4.70. The van der Waals surface area contributed by atoms with Gasteiger partial charge in [0.05, 0.1) is 13.2 Å². The highest BCUT2D eigenvalue weighted by atomic mass is 32.2. The summed E-state index contributed by atoms with van der Waals surface area (Å²) in [5.41, 5.74) is 0. The van der Waals surface area contributed by atoms with Gasteiger partial charge in [-0.2, -0.15) is 22.0 Å². The van der Waals surface area contributed by atoms with Crippen LogP contribution >= 0.6 is 0 Å². The normalized spacial score (nSPS) is 30.8. The third kappa shape index (κ3) is 3.04. The number of nitrogens with zero attached hydrogens (tertiary/aromatic N) is 3. The van der Waals surface area contributed by atoms with Crippen LogP contribution in [0.25, 0.3) is 0 Å². The van der Waals surface area contributed by atoms with E-state index in [2.05, 4.69) is 4.99 Å². The largest absolute Gasteiger partial charge is 0.379 e. The molecule has 0 aromatic rings. The Morgan fingerprint density at radius 2 is 1.95 bits per heavy atom. The van der Waals surface area contributed by atoms with Crippen LogP contribution in [0.3, 0.4) is 0 Å². The zero-order valence-corrected chi connectivity index (χ0v) is 11.8. The highest BCUT2D eigenvalue weighted by Crippen LogP contribution is 2.28.